The van der Waals surface area contributed by atoms with E-state index in [2.05, 4.69) is 5.32 Å². The Bertz CT molecular complexity index is 278. The van der Waals surface area contributed by atoms with Gasteiger partial charge in [-0.3, -0.25) is 9.59 Å². The molecule has 0 radical (unpaired) electrons. The van der Waals surface area contributed by atoms with Gasteiger partial charge < -0.3 is 10.2 Å². The monoisotopic (exact) mass is 238 g/mol. The van der Waals surface area contributed by atoms with E-state index in [1.54, 1.807) is 0 Å². The van der Waals surface area contributed by atoms with Gasteiger partial charge in [-0.25, -0.2) is 0 Å². The zero-order valence-electron chi connectivity index (χ0n) is 8.64. The van der Waals surface area contributed by atoms with Crippen LogP contribution in [0.3, 0.4) is 0 Å². The number of alkyl halides is 3. The molecule has 0 aromatic rings. The molecule has 0 atom stereocenters. The summed E-state index contributed by atoms with van der Waals surface area (Å²) in [6.07, 6.45) is -5.81. The van der Waals surface area contributed by atoms with Crippen LogP contribution in [0, 0.1) is 0 Å². The Morgan fingerprint density at radius 3 is 2.69 bits per heavy atom. The lowest BCUT2D eigenvalue weighted by atomic mass is 10.2. The molecule has 1 rings (SSSR count). The third-order valence-electron chi connectivity index (χ3n) is 2.29. The third-order valence-corrected chi connectivity index (χ3v) is 2.29. The van der Waals surface area contributed by atoms with Crippen LogP contribution in [0.2, 0.25) is 0 Å². The van der Waals surface area contributed by atoms with Gasteiger partial charge in [0.1, 0.15) is 0 Å². The van der Waals surface area contributed by atoms with Crippen molar-refractivity contribution in [3.8, 4) is 0 Å². The number of nitrogens with one attached hydrogen (secondary N) is 1. The highest BCUT2D eigenvalue weighted by atomic mass is 19.4. The highest BCUT2D eigenvalue weighted by Gasteiger charge is 2.29. The molecular formula is C9H13F3N2O2. The van der Waals surface area contributed by atoms with E-state index in [0.717, 1.165) is 0 Å². The van der Waals surface area contributed by atoms with Gasteiger partial charge in [0.15, 0.2) is 0 Å². The second-order valence-electron chi connectivity index (χ2n) is 3.60. The third kappa shape index (κ3) is 4.50. The van der Waals surface area contributed by atoms with E-state index in [0.29, 0.717) is 6.54 Å². The molecule has 16 heavy (non-hydrogen) atoms. The van der Waals surface area contributed by atoms with Crippen molar-refractivity contribution < 1.29 is 22.8 Å². The Labute approximate surface area is 90.8 Å². The van der Waals surface area contributed by atoms with E-state index in [-0.39, 0.29) is 25.4 Å². The molecule has 92 valence electrons. The molecule has 4 nitrogen and oxygen atoms in total. The second kappa shape index (κ2) is 5.18. The van der Waals surface area contributed by atoms with Crippen molar-refractivity contribution in [2.24, 2.45) is 0 Å². The maximum absolute atomic E-state index is 11.9. The number of hydrogen-bond acceptors (Lipinski definition) is 2. The van der Waals surface area contributed by atoms with Crippen molar-refractivity contribution in [2.75, 3.05) is 19.6 Å². The molecule has 0 bridgehead atoms. The standard InChI is InChI=1S/C9H13F3N2O2/c10-9(11,12)3-1-8(16)14-5-2-7(15)13-4-6-14/h1-6H2,(H,13,15). The topological polar surface area (TPSA) is 49.4 Å². The Kier molecular flexibility index (Phi) is 4.14. The van der Waals surface area contributed by atoms with E-state index in [9.17, 15) is 22.8 Å². The van der Waals surface area contributed by atoms with Gasteiger partial charge in [-0.05, 0) is 0 Å². The van der Waals surface area contributed by atoms with Crippen molar-refractivity contribution >= 4 is 11.8 Å². The molecule has 1 saturated heterocycles. The fraction of sp³-hybridized carbons (Fsp3) is 0.778. The van der Waals surface area contributed by atoms with Gasteiger partial charge in [0.25, 0.3) is 0 Å². The summed E-state index contributed by atoms with van der Waals surface area (Å²) in [7, 11) is 0. The average Bonchev–Trinajstić information content (AvgIpc) is 2.38. The van der Waals surface area contributed by atoms with Gasteiger partial charge in [-0.1, -0.05) is 0 Å². The normalized spacial score (nSPS) is 17.9. The zero-order valence-corrected chi connectivity index (χ0v) is 8.64. The van der Waals surface area contributed by atoms with E-state index in [4.69, 9.17) is 0 Å². The smallest absolute Gasteiger partial charge is 0.354 e. The molecule has 0 aromatic carbocycles. The second-order valence-corrected chi connectivity index (χ2v) is 3.60. The van der Waals surface area contributed by atoms with Gasteiger partial charge in [0.2, 0.25) is 11.8 Å². The lowest BCUT2D eigenvalue weighted by Gasteiger charge is -2.19. The summed E-state index contributed by atoms with van der Waals surface area (Å²) in [5, 5.41) is 2.55. The molecule has 1 aliphatic heterocycles. The first-order valence-electron chi connectivity index (χ1n) is 5.00. The Morgan fingerprint density at radius 1 is 1.38 bits per heavy atom. The Hall–Kier alpha value is -1.27. The molecule has 1 N–H and O–H groups in total. The Balaban J connectivity index is 2.38. The minimum absolute atomic E-state index is 0.151. The van der Waals surface area contributed by atoms with Gasteiger partial charge in [0.05, 0.1) is 6.42 Å². The van der Waals surface area contributed by atoms with Crippen molar-refractivity contribution in [3.63, 3.8) is 0 Å². The van der Waals surface area contributed by atoms with Crippen molar-refractivity contribution in [2.45, 2.75) is 25.4 Å². The number of halogens is 3. The maximum Gasteiger partial charge on any atom is 0.389 e. The molecule has 0 saturated carbocycles. The average molecular weight is 238 g/mol. The number of nitrogens with zero attached hydrogens (tertiary/aromatic N) is 1. The first-order chi connectivity index (χ1) is 7.38. The molecule has 1 fully saturated rings. The van der Waals surface area contributed by atoms with Crippen LogP contribution >= 0.6 is 0 Å². The van der Waals surface area contributed by atoms with Crippen molar-refractivity contribution in [3.05, 3.63) is 0 Å². The van der Waals surface area contributed by atoms with Gasteiger partial charge >= 0.3 is 6.18 Å². The van der Waals surface area contributed by atoms with Crippen molar-refractivity contribution in [1.29, 1.82) is 0 Å². The van der Waals surface area contributed by atoms with E-state index in [1.165, 1.54) is 4.90 Å². The summed E-state index contributed by atoms with van der Waals surface area (Å²) >= 11 is 0. The van der Waals surface area contributed by atoms with E-state index >= 15 is 0 Å². The zero-order chi connectivity index (χ0) is 12.2. The number of rotatable bonds is 2. The summed E-state index contributed by atoms with van der Waals surface area (Å²) in [5.74, 6) is -0.722. The molecular weight excluding hydrogens is 225 g/mol. The Morgan fingerprint density at radius 2 is 2.06 bits per heavy atom. The minimum Gasteiger partial charge on any atom is -0.354 e. The van der Waals surface area contributed by atoms with Crippen LogP contribution in [0.4, 0.5) is 13.2 Å². The van der Waals surface area contributed by atoms with E-state index < -0.39 is 24.9 Å². The SMILES string of the molecule is O=C1CCN(C(=O)CCC(F)(F)F)CCN1. The summed E-state index contributed by atoms with van der Waals surface area (Å²) in [5.41, 5.74) is 0. The van der Waals surface area contributed by atoms with Gasteiger partial charge in [-0.2, -0.15) is 13.2 Å². The number of amides is 2. The fourth-order valence-corrected chi connectivity index (χ4v) is 1.42. The van der Waals surface area contributed by atoms with Gasteiger partial charge in [-0.15, -0.1) is 0 Å². The molecule has 0 aromatic heterocycles. The predicted molar refractivity (Wildman–Crippen MR) is 49.5 cm³/mol. The largest absolute Gasteiger partial charge is 0.389 e. The maximum atomic E-state index is 11.9. The lowest BCUT2D eigenvalue weighted by Crippen LogP contribution is -2.34. The van der Waals surface area contributed by atoms with Crippen LogP contribution in [0.25, 0.3) is 0 Å². The first-order valence-corrected chi connectivity index (χ1v) is 5.00. The molecule has 0 spiro atoms. The van der Waals surface area contributed by atoms with Crippen LogP contribution in [-0.2, 0) is 9.59 Å². The number of carbonyl (C=O) groups is 2. The lowest BCUT2D eigenvalue weighted by molar-refractivity contribution is -0.149. The van der Waals surface area contributed by atoms with Crippen LogP contribution in [0.15, 0.2) is 0 Å². The highest BCUT2D eigenvalue weighted by Crippen LogP contribution is 2.21. The molecule has 1 aliphatic rings. The first kappa shape index (κ1) is 12.8. The van der Waals surface area contributed by atoms with Crippen LogP contribution < -0.4 is 5.32 Å². The number of hydrogen-bond donors (Lipinski definition) is 1. The van der Waals surface area contributed by atoms with Crippen molar-refractivity contribution in [1.82, 2.24) is 10.2 Å². The predicted octanol–water partition coefficient (Wildman–Crippen LogP) is 0.677. The number of carbonyl (C=O) groups excluding carboxylic acids is 2. The van der Waals surface area contributed by atoms with Crippen LogP contribution in [0.5, 0.6) is 0 Å². The fourth-order valence-electron chi connectivity index (χ4n) is 1.42. The van der Waals surface area contributed by atoms with Gasteiger partial charge in [0, 0.05) is 32.5 Å². The quantitative estimate of drug-likeness (QED) is 0.769. The van der Waals surface area contributed by atoms with Crippen LogP contribution in [0.1, 0.15) is 19.3 Å². The summed E-state index contributed by atoms with van der Waals surface area (Å²) in [6.45, 7) is 0.779. The summed E-state index contributed by atoms with van der Waals surface area (Å²) < 4.78 is 35.7. The highest BCUT2D eigenvalue weighted by molar-refractivity contribution is 5.80. The molecule has 1 heterocycles. The molecule has 7 heteroatoms. The minimum atomic E-state index is -4.31. The molecule has 0 aliphatic carbocycles. The van der Waals surface area contributed by atoms with E-state index in [1.807, 2.05) is 0 Å². The molecule has 2 amide bonds. The van der Waals surface area contributed by atoms with Crippen LogP contribution in [-0.4, -0.2) is 42.5 Å². The molecule has 0 unspecified atom stereocenters. The summed E-state index contributed by atoms with van der Waals surface area (Å²) in [4.78, 5) is 23.6. The summed E-state index contributed by atoms with van der Waals surface area (Å²) in [6, 6.07) is 0.